The number of aryl methyl sites for hydroxylation is 1. The maximum atomic E-state index is 13.8. The minimum Gasteiger partial charge on any atom is -0.490 e. The minimum atomic E-state index is -0.528. The number of hydrogen-bond donors (Lipinski definition) is 0. The molecule has 2 fully saturated rings. The molecule has 0 amide bonds. The van der Waals surface area contributed by atoms with E-state index in [4.69, 9.17) is 4.74 Å². The molecule has 0 aromatic heterocycles. The highest BCUT2D eigenvalue weighted by molar-refractivity contribution is 9.10. The number of ketones is 1. The van der Waals surface area contributed by atoms with E-state index in [2.05, 4.69) is 25.7 Å². The van der Waals surface area contributed by atoms with Gasteiger partial charge in [-0.15, -0.1) is 0 Å². The van der Waals surface area contributed by atoms with E-state index in [0.29, 0.717) is 6.61 Å². The number of benzene rings is 1. The minimum absolute atomic E-state index is 0.256. The number of carbonyl (C=O) groups excluding carboxylic acids is 1. The number of rotatable bonds is 3. The highest BCUT2D eigenvalue weighted by atomic mass is 79.9. The van der Waals surface area contributed by atoms with E-state index in [1.165, 1.54) is 38.5 Å². The van der Waals surface area contributed by atoms with Crippen molar-refractivity contribution in [3.05, 3.63) is 27.7 Å². The standard InChI is InChI=1S/C21H29BrN2O2/c1-16-12-19-17(13-18(16)22)20(25)21(15-26-19,24-10-6-3-7-11-24)14-23-8-4-2-5-9-23/h12-13H,2-11,14-15H2,1H3. The largest absolute Gasteiger partial charge is 0.490 e. The zero-order chi connectivity index (χ0) is 18.1. The summed E-state index contributed by atoms with van der Waals surface area (Å²) >= 11 is 3.60. The van der Waals surface area contributed by atoms with Crippen LogP contribution in [0.15, 0.2) is 16.6 Å². The molecule has 4 nitrogen and oxygen atoms in total. The van der Waals surface area contributed by atoms with Gasteiger partial charge in [-0.25, -0.2) is 0 Å². The molecule has 142 valence electrons. The molecule has 0 saturated carbocycles. The first kappa shape index (κ1) is 18.5. The van der Waals surface area contributed by atoms with Gasteiger partial charge >= 0.3 is 0 Å². The van der Waals surface area contributed by atoms with E-state index in [1.807, 2.05) is 19.1 Å². The number of fused-ring (bicyclic) bond motifs is 1. The summed E-state index contributed by atoms with van der Waals surface area (Å²) in [4.78, 5) is 18.7. The van der Waals surface area contributed by atoms with Gasteiger partial charge in [0.05, 0.1) is 5.56 Å². The van der Waals surface area contributed by atoms with Crippen molar-refractivity contribution < 1.29 is 9.53 Å². The number of carbonyl (C=O) groups is 1. The fourth-order valence-electron chi connectivity index (χ4n) is 4.73. The molecule has 0 aliphatic carbocycles. The van der Waals surface area contributed by atoms with Gasteiger partial charge in [-0.2, -0.15) is 0 Å². The molecule has 0 radical (unpaired) electrons. The van der Waals surface area contributed by atoms with Gasteiger partial charge in [-0.05, 0) is 76.5 Å². The van der Waals surface area contributed by atoms with Crippen LogP contribution < -0.4 is 4.74 Å². The predicted molar refractivity (Wildman–Crippen MR) is 107 cm³/mol. The third-order valence-electron chi connectivity index (χ3n) is 6.29. The van der Waals surface area contributed by atoms with Crippen LogP contribution in [0.4, 0.5) is 0 Å². The molecule has 0 bridgehead atoms. The molecular formula is C21H29BrN2O2. The Labute approximate surface area is 165 Å². The molecule has 1 aromatic rings. The van der Waals surface area contributed by atoms with Crippen LogP contribution in [-0.4, -0.2) is 60.5 Å². The summed E-state index contributed by atoms with van der Waals surface area (Å²) < 4.78 is 7.22. The molecule has 1 aromatic carbocycles. The van der Waals surface area contributed by atoms with E-state index in [9.17, 15) is 4.79 Å². The lowest BCUT2D eigenvalue weighted by Gasteiger charge is -2.49. The lowest BCUT2D eigenvalue weighted by molar-refractivity contribution is -0.00349. The van der Waals surface area contributed by atoms with Crippen molar-refractivity contribution in [1.29, 1.82) is 0 Å². The van der Waals surface area contributed by atoms with Crippen molar-refractivity contribution in [2.45, 2.75) is 51.0 Å². The number of nitrogens with zero attached hydrogens (tertiary/aromatic N) is 2. The van der Waals surface area contributed by atoms with Crippen LogP contribution in [0.25, 0.3) is 0 Å². The molecule has 26 heavy (non-hydrogen) atoms. The van der Waals surface area contributed by atoms with Crippen molar-refractivity contribution in [3.8, 4) is 5.75 Å². The lowest BCUT2D eigenvalue weighted by Crippen LogP contribution is -2.66. The van der Waals surface area contributed by atoms with E-state index < -0.39 is 5.54 Å². The van der Waals surface area contributed by atoms with Crippen LogP contribution in [0.3, 0.4) is 0 Å². The summed E-state index contributed by atoms with van der Waals surface area (Å²) in [7, 11) is 0. The van der Waals surface area contributed by atoms with Crippen molar-refractivity contribution in [3.63, 3.8) is 0 Å². The van der Waals surface area contributed by atoms with Crippen molar-refractivity contribution in [2.24, 2.45) is 0 Å². The van der Waals surface area contributed by atoms with Crippen molar-refractivity contribution >= 4 is 21.7 Å². The number of hydrogen-bond acceptors (Lipinski definition) is 4. The van der Waals surface area contributed by atoms with Gasteiger partial charge in [-0.3, -0.25) is 9.69 Å². The Bertz CT molecular complexity index is 681. The molecule has 3 aliphatic rings. The van der Waals surface area contributed by atoms with Crippen LogP contribution in [0.2, 0.25) is 0 Å². The average Bonchev–Trinajstić information content (AvgIpc) is 2.67. The monoisotopic (exact) mass is 420 g/mol. The summed E-state index contributed by atoms with van der Waals surface area (Å²) in [5.41, 5.74) is 1.33. The van der Waals surface area contributed by atoms with Crippen LogP contribution in [0, 0.1) is 6.92 Å². The molecule has 3 heterocycles. The second kappa shape index (κ2) is 7.61. The molecule has 3 aliphatic heterocycles. The quantitative estimate of drug-likeness (QED) is 0.738. The van der Waals surface area contributed by atoms with E-state index >= 15 is 0 Å². The van der Waals surface area contributed by atoms with Crippen molar-refractivity contribution in [2.75, 3.05) is 39.3 Å². The topological polar surface area (TPSA) is 32.8 Å². The molecule has 2 saturated heterocycles. The van der Waals surface area contributed by atoms with E-state index in [0.717, 1.165) is 54.1 Å². The van der Waals surface area contributed by atoms with Crippen LogP contribution in [-0.2, 0) is 0 Å². The summed E-state index contributed by atoms with van der Waals surface area (Å²) in [5.74, 6) is 1.01. The maximum absolute atomic E-state index is 13.8. The fraction of sp³-hybridized carbons (Fsp3) is 0.667. The molecule has 4 rings (SSSR count). The Morgan fingerprint density at radius 3 is 2.38 bits per heavy atom. The van der Waals surface area contributed by atoms with Gasteiger partial charge in [-0.1, -0.05) is 28.8 Å². The third kappa shape index (κ3) is 3.34. The van der Waals surface area contributed by atoms with Gasteiger partial charge in [0.1, 0.15) is 17.9 Å². The van der Waals surface area contributed by atoms with Gasteiger partial charge in [0.15, 0.2) is 5.78 Å². The van der Waals surface area contributed by atoms with Gasteiger partial charge in [0, 0.05) is 11.0 Å². The van der Waals surface area contributed by atoms with Crippen LogP contribution in [0.1, 0.15) is 54.4 Å². The summed E-state index contributed by atoms with van der Waals surface area (Å²) in [6.45, 7) is 7.54. The first-order valence-electron chi connectivity index (χ1n) is 10.1. The first-order chi connectivity index (χ1) is 12.6. The smallest absolute Gasteiger partial charge is 0.191 e. The number of halogens is 1. The SMILES string of the molecule is Cc1cc2c(cc1Br)C(=O)C(CN1CCCCC1)(N1CCCCC1)CO2. The number of ether oxygens (including phenoxy) is 1. The average molecular weight is 421 g/mol. The summed E-state index contributed by atoms with van der Waals surface area (Å²) in [6.07, 6.45) is 7.43. The zero-order valence-corrected chi connectivity index (χ0v) is 17.3. The number of piperidine rings is 2. The van der Waals surface area contributed by atoms with E-state index in [-0.39, 0.29) is 5.78 Å². The summed E-state index contributed by atoms with van der Waals surface area (Å²) in [6, 6.07) is 3.97. The first-order valence-corrected chi connectivity index (χ1v) is 10.8. The Morgan fingerprint density at radius 2 is 1.69 bits per heavy atom. The van der Waals surface area contributed by atoms with Crippen LogP contribution >= 0.6 is 15.9 Å². The number of likely N-dealkylation sites (tertiary alicyclic amines) is 2. The molecular weight excluding hydrogens is 392 g/mol. The van der Waals surface area contributed by atoms with Gasteiger partial charge < -0.3 is 9.64 Å². The van der Waals surface area contributed by atoms with E-state index in [1.54, 1.807) is 0 Å². The Balaban J connectivity index is 1.70. The molecule has 5 heteroatoms. The maximum Gasteiger partial charge on any atom is 0.191 e. The molecule has 0 spiro atoms. The third-order valence-corrected chi connectivity index (χ3v) is 7.14. The highest BCUT2D eigenvalue weighted by Crippen LogP contribution is 2.38. The van der Waals surface area contributed by atoms with Gasteiger partial charge in [0.2, 0.25) is 0 Å². The van der Waals surface area contributed by atoms with Crippen LogP contribution in [0.5, 0.6) is 5.75 Å². The second-order valence-electron chi connectivity index (χ2n) is 8.13. The Kier molecular flexibility index (Phi) is 5.40. The predicted octanol–water partition coefficient (Wildman–Crippen LogP) is 4.04. The molecule has 0 N–H and O–H groups in total. The number of Topliss-reactive ketones (excluding diaryl/α,β-unsaturated/α-hetero) is 1. The Morgan fingerprint density at radius 1 is 1.04 bits per heavy atom. The second-order valence-corrected chi connectivity index (χ2v) is 8.99. The Hall–Kier alpha value is -0.910. The molecule has 1 atom stereocenters. The molecule has 1 unspecified atom stereocenters. The summed E-state index contributed by atoms with van der Waals surface area (Å²) in [5, 5.41) is 0. The lowest BCUT2D eigenvalue weighted by atomic mass is 9.83. The van der Waals surface area contributed by atoms with Crippen molar-refractivity contribution in [1.82, 2.24) is 9.80 Å². The van der Waals surface area contributed by atoms with Gasteiger partial charge in [0.25, 0.3) is 0 Å². The zero-order valence-electron chi connectivity index (χ0n) is 15.7. The normalized spacial score (nSPS) is 27.8. The fourth-order valence-corrected chi connectivity index (χ4v) is 5.07. The highest BCUT2D eigenvalue weighted by Gasteiger charge is 2.50.